The Labute approximate surface area is 159 Å². The molecular weight excluding hydrogens is 330 g/mol. The van der Waals surface area contributed by atoms with Gasteiger partial charge in [0, 0.05) is 19.6 Å². The zero-order valence-corrected chi connectivity index (χ0v) is 17.7. The molecule has 26 heavy (non-hydrogen) atoms. The molecule has 0 aromatic rings. The lowest BCUT2D eigenvalue weighted by atomic mass is 9.99. The number of nitrogens with one attached hydrogen (secondary N) is 3. The number of likely N-dealkylation sites (tertiary alicyclic amines) is 1. The normalized spacial score (nSPS) is 19.8. The van der Waals surface area contributed by atoms with E-state index in [9.17, 15) is 4.79 Å². The fourth-order valence-corrected chi connectivity index (χ4v) is 2.92. The molecule has 1 saturated heterocycles. The van der Waals surface area contributed by atoms with Crippen LogP contribution in [0.25, 0.3) is 0 Å². The Morgan fingerprint density at radius 2 is 1.92 bits per heavy atom. The number of rotatable bonds is 6. The van der Waals surface area contributed by atoms with E-state index in [1.807, 2.05) is 34.6 Å². The van der Waals surface area contributed by atoms with Crippen LogP contribution in [0.3, 0.4) is 0 Å². The van der Waals surface area contributed by atoms with Crippen molar-refractivity contribution < 1.29 is 9.53 Å². The monoisotopic (exact) mass is 369 g/mol. The Hall–Kier alpha value is -1.50. The molecule has 0 radical (unpaired) electrons. The lowest BCUT2D eigenvalue weighted by Gasteiger charge is -2.30. The molecule has 0 saturated carbocycles. The standard InChI is InChI=1S/C19H39N5O2/c1-8-20-16(21-12-15-10-9-11-24(7)13-15)22-14-19(5,6)23-17(25)26-18(2,3)4/h15H,8-14H2,1-7H3,(H,23,25)(H2,20,21,22). The average Bonchev–Trinajstić information content (AvgIpc) is 2.47. The number of piperidine rings is 1. The van der Waals surface area contributed by atoms with Gasteiger partial charge in [0.1, 0.15) is 5.60 Å². The van der Waals surface area contributed by atoms with Crippen molar-refractivity contribution in [1.29, 1.82) is 0 Å². The molecule has 0 spiro atoms. The molecule has 7 nitrogen and oxygen atoms in total. The molecule has 1 aliphatic heterocycles. The van der Waals surface area contributed by atoms with Crippen molar-refractivity contribution in [2.45, 2.75) is 65.5 Å². The summed E-state index contributed by atoms with van der Waals surface area (Å²) in [6, 6.07) is 0. The van der Waals surface area contributed by atoms with Crippen molar-refractivity contribution in [3.05, 3.63) is 0 Å². The smallest absolute Gasteiger partial charge is 0.408 e. The summed E-state index contributed by atoms with van der Waals surface area (Å²) in [5.74, 6) is 1.44. The molecule has 1 aliphatic rings. The van der Waals surface area contributed by atoms with E-state index in [0.29, 0.717) is 12.5 Å². The van der Waals surface area contributed by atoms with E-state index in [1.54, 1.807) is 0 Å². The van der Waals surface area contributed by atoms with E-state index in [1.165, 1.54) is 19.4 Å². The van der Waals surface area contributed by atoms with E-state index in [0.717, 1.165) is 25.6 Å². The number of amides is 1. The first-order chi connectivity index (χ1) is 12.0. The summed E-state index contributed by atoms with van der Waals surface area (Å²) < 4.78 is 5.33. The molecule has 1 amide bonds. The number of alkyl carbamates (subject to hydrolysis) is 1. The lowest BCUT2D eigenvalue weighted by molar-refractivity contribution is 0.0476. The number of hydrogen-bond acceptors (Lipinski definition) is 4. The summed E-state index contributed by atoms with van der Waals surface area (Å²) in [6.45, 7) is 16.0. The third-order valence-electron chi connectivity index (χ3n) is 4.10. The number of aliphatic imine (C=N–C) groups is 1. The van der Waals surface area contributed by atoms with Gasteiger partial charge in [-0.3, -0.25) is 4.99 Å². The fraction of sp³-hybridized carbons (Fsp3) is 0.895. The number of guanidine groups is 1. The highest BCUT2D eigenvalue weighted by Gasteiger charge is 2.24. The molecule has 0 bridgehead atoms. The van der Waals surface area contributed by atoms with E-state index >= 15 is 0 Å². The minimum Gasteiger partial charge on any atom is -0.444 e. The molecule has 1 unspecified atom stereocenters. The van der Waals surface area contributed by atoms with E-state index in [2.05, 4.69) is 39.8 Å². The van der Waals surface area contributed by atoms with Crippen molar-refractivity contribution in [2.75, 3.05) is 39.8 Å². The molecule has 1 atom stereocenters. The topological polar surface area (TPSA) is 78.0 Å². The van der Waals surface area contributed by atoms with Crippen molar-refractivity contribution in [3.63, 3.8) is 0 Å². The molecule has 1 fully saturated rings. The van der Waals surface area contributed by atoms with Gasteiger partial charge in [-0.1, -0.05) is 0 Å². The largest absolute Gasteiger partial charge is 0.444 e. The van der Waals surface area contributed by atoms with Crippen molar-refractivity contribution >= 4 is 12.1 Å². The third kappa shape index (κ3) is 9.85. The molecule has 0 aliphatic carbocycles. The quantitative estimate of drug-likeness (QED) is 0.494. The van der Waals surface area contributed by atoms with Crippen LogP contribution in [-0.2, 0) is 4.74 Å². The molecule has 0 aromatic heterocycles. The van der Waals surface area contributed by atoms with Gasteiger partial charge >= 0.3 is 6.09 Å². The van der Waals surface area contributed by atoms with Crippen molar-refractivity contribution in [2.24, 2.45) is 10.9 Å². The number of ether oxygens (including phenoxy) is 1. The second-order valence-electron chi connectivity index (χ2n) is 8.86. The van der Waals surface area contributed by atoms with Crippen LogP contribution in [0.1, 0.15) is 54.4 Å². The molecule has 7 heteroatoms. The van der Waals surface area contributed by atoms with Crippen LogP contribution in [0.5, 0.6) is 0 Å². The minimum atomic E-state index is -0.507. The highest BCUT2D eigenvalue weighted by atomic mass is 16.6. The van der Waals surface area contributed by atoms with Gasteiger partial charge in [-0.15, -0.1) is 0 Å². The Kier molecular flexibility index (Phi) is 8.67. The SMILES string of the molecule is CCNC(=NCC(C)(C)NC(=O)OC(C)(C)C)NCC1CCCN(C)C1. The minimum absolute atomic E-state index is 0.416. The summed E-state index contributed by atoms with van der Waals surface area (Å²) in [5, 5.41) is 9.61. The maximum Gasteiger partial charge on any atom is 0.408 e. The van der Waals surface area contributed by atoms with Crippen LogP contribution in [0, 0.1) is 5.92 Å². The van der Waals surface area contributed by atoms with Crippen LogP contribution in [-0.4, -0.2) is 67.9 Å². The van der Waals surface area contributed by atoms with Gasteiger partial charge < -0.3 is 25.6 Å². The van der Waals surface area contributed by atoms with Gasteiger partial charge in [-0.25, -0.2) is 4.79 Å². The predicted molar refractivity (Wildman–Crippen MR) is 108 cm³/mol. The highest BCUT2D eigenvalue weighted by molar-refractivity contribution is 5.79. The Balaban J connectivity index is 2.53. The zero-order chi connectivity index (χ0) is 19.8. The van der Waals surface area contributed by atoms with Gasteiger partial charge in [-0.05, 0) is 73.9 Å². The molecular formula is C19H39N5O2. The third-order valence-corrected chi connectivity index (χ3v) is 4.10. The van der Waals surface area contributed by atoms with Crippen LogP contribution < -0.4 is 16.0 Å². The fourth-order valence-electron chi connectivity index (χ4n) is 2.92. The average molecular weight is 370 g/mol. The maximum absolute atomic E-state index is 12.0. The number of carbonyl (C=O) groups is 1. The summed E-state index contributed by atoms with van der Waals surface area (Å²) in [6.07, 6.45) is 2.09. The Morgan fingerprint density at radius 3 is 2.50 bits per heavy atom. The maximum atomic E-state index is 12.0. The van der Waals surface area contributed by atoms with Crippen LogP contribution in [0.15, 0.2) is 4.99 Å². The van der Waals surface area contributed by atoms with Crippen LogP contribution in [0.2, 0.25) is 0 Å². The predicted octanol–water partition coefficient (Wildman–Crippen LogP) is 2.19. The first kappa shape index (κ1) is 22.5. The van der Waals surface area contributed by atoms with Gasteiger partial charge in [0.25, 0.3) is 0 Å². The van der Waals surface area contributed by atoms with E-state index < -0.39 is 17.2 Å². The second-order valence-corrected chi connectivity index (χ2v) is 8.86. The number of nitrogens with zero attached hydrogens (tertiary/aromatic N) is 2. The molecule has 1 heterocycles. The molecule has 152 valence electrons. The van der Waals surface area contributed by atoms with E-state index in [-0.39, 0.29) is 0 Å². The summed E-state index contributed by atoms with van der Waals surface area (Å²) in [4.78, 5) is 19.0. The van der Waals surface area contributed by atoms with Gasteiger partial charge in [0.05, 0.1) is 12.1 Å². The summed E-state index contributed by atoms with van der Waals surface area (Å²) in [7, 11) is 2.18. The molecule has 1 rings (SSSR count). The Morgan fingerprint density at radius 1 is 1.23 bits per heavy atom. The van der Waals surface area contributed by atoms with Gasteiger partial charge in [0.2, 0.25) is 0 Å². The van der Waals surface area contributed by atoms with Crippen LogP contribution in [0.4, 0.5) is 4.79 Å². The number of hydrogen-bond donors (Lipinski definition) is 3. The second kappa shape index (κ2) is 10.00. The summed E-state index contributed by atoms with van der Waals surface area (Å²) >= 11 is 0. The molecule has 0 aromatic carbocycles. The molecule has 3 N–H and O–H groups in total. The van der Waals surface area contributed by atoms with E-state index in [4.69, 9.17) is 4.74 Å². The summed E-state index contributed by atoms with van der Waals surface area (Å²) in [5.41, 5.74) is -0.997. The Bertz CT molecular complexity index is 471. The van der Waals surface area contributed by atoms with Gasteiger partial charge in [0.15, 0.2) is 5.96 Å². The van der Waals surface area contributed by atoms with Gasteiger partial charge in [-0.2, -0.15) is 0 Å². The number of carbonyl (C=O) groups excluding carboxylic acids is 1. The first-order valence-electron chi connectivity index (χ1n) is 9.72. The zero-order valence-electron chi connectivity index (χ0n) is 17.7. The lowest BCUT2D eigenvalue weighted by Crippen LogP contribution is -2.49. The first-order valence-corrected chi connectivity index (χ1v) is 9.72. The van der Waals surface area contributed by atoms with Crippen molar-refractivity contribution in [1.82, 2.24) is 20.9 Å². The van der Waals surface area contributed by atoms with Crippen molar-refractivity contribution in [3.8, 4) is 0 Å². The van der Waals surface area contributed by atoms with Crippen LogP contribution >= 0.6 is 0 Å². The highest BCUT2D eigenvalue weighted by Crippen LogP contribution is 2.14.